The Bertz CT molecular complexity index is 964. The summed E-state index contributed by atoms with van der Waals surface area (Å²) in [6.45, 7) is 6.79. The molecule has 2 amide bonds. The molecule has 0 heterocycles. The van der Waals surface area contributed by atoms with Gasteiger partial charge in [0, 0.05) is 25.1 Å². The third-order valence-corrected chi connectivity index (χ3v) is 6.98. The molecule has 0 aliphatic carbocycles. The average Bonchev–Trinajstić information content (AvgIpc) is 2.77. The van der Waals surface area contributed by atoms with Crippen LogP contribution in [0.1, 0.15) is 18.0 Å². The average molecular weight is 453 g/mol. The van der Waals surface area contributed by atoms with E-state index in [2.05, 4.69) is 35.6 Å². The molecule has 0 fully saturated rings. The van der Waals surface area contributed by atoms with E-state index in [1.807, 2.05) is 24.3 Å². The third kappa shape index (κ3) is 7.09. The highest BCUT2D eigenvalue weighted by Crippen LogP contribution is 2.20. The molecule has 0 aliphatic rings. The zero-order chi connectivity index (χ0) is 23.7. The maximum absolute atomic E-state index is 13.1. The second-order valence-electron chi connectivity index (χ2n) is 8.42. The molecule has 0 aliphatic heterocycles. The van der Waals surface area contributed by atoms with E-state index in [1.54, 1.807) is 44.6 Å². The molecule has 0 bridgehead atoms. The van der Waals surface area contributed by atoms with Crippen molar-refractivity contribution in [2.45, 2.75) is 32.1 Å². The fraction of sp³-hybridized carbons (Fsp3) is 0.292. The summed E-state index contributed by atoms with van der Waals surface area (Å²) in [6.07, 6.45) is 2.67. The molecule has 8 heteroatoms. The Morgan fingerprint density at radius 3 is 2.19 bits per heavy atom. The summed E-state index contributed by atoms with van der Waals surface area (Å²) in [7, 11) is 1.83. The minimum atomic E-state index is -1.44. The molecular formula is C24H32N4O3Si. The summed E-state index contributed by atoms with van der Waals surface area (Å²) in [5.41, 5.74) is 1.80. The Morgan fingerprint density at radius 1 is 1.06 bits per heavy atom. The lowest BCUT2D eigenvalue weighted by molar-refractivity contribution is -0.126. The van der Waals surface area contributed by atoms with Crippen molar-refractivity contribution in [3.05, 3.63) is 65.9 Å². The van der Waals surface area contributed by atoms with E-state index >= 15 is 0 Å². The van der Waals surface area contributed by atoms with Crippen molar-refractivity contribution in [1.82, 2.24) is 10.6 Å². The summed E-state index contributed by atoms with van der Waals surface area (Å²) >= 11 is 0. The highest BCUT2D eigenvalue weighted by Gasteiger charge is 2.24. The van der Waals surface area contributed by atoms with Crippen LogP contribution in [0, 0.1) is 5.41 Å². The molecule has 0 saturated heterocycles. The molecule has 0 aromatic heterocycles. The molecule has 1 atom stereocenters. The van der Waals surface area contributed by atoms with Gasteiger partial charge in [0.1, 0.15) is 11.8 Å². The number of ether oxygens (including phenoxy) is 1. The first-order valence-electron chi connectivity index (χ1n) is 10.4. The summed E-state index contributed by atoms with van der Waals surface area (Å²) in [5, 5.41) is 17.2. The predicted molar refractivity (Wildman–Crippen MR) is 132 cm³/mol. The molecule has 4 N–H and O–H groups in total. The van der Waals surface area contributed by atoms with Crippen LogP contribution < -0.4 is 25.9 Å². The Labute approximate surface area is 190 Å². The lowest BCUT2D eigenvalue weighted by Crippen LogP contribution is -2.38. The second kappa shape index (κ2) is 11.3. The Morgan fingerprint density at radius 2 is 1.69 bits per heavy atom. The van der Waals surface area contributed by atoms with Crippen LogP contribution in [0.2, 0.25) is 19.6 Å². The van der Waals surface area contributed by atoms with Gasteiger partial charge in [-0.15, -0.1) is 0 Å². The molecular weight excluding hydrogens is 420 g/mol. The van der Waals surface area contributed by atoms with Crippen LogP contribution in [0.25, 0.3) is 0 Å². The van der Waals surface area contributed by atoms with E-state index < -0.39 is 14.1 Å². The quantitative estimate of drug-likeness (QED) is 0.328. The molecule has 170 valence electrons. The number of hydrogen-bond donors (Lipinski definition) is 4. The number of benzene rings is 2. The Balaban J connectivity index is 2.24. The molecule has 2 rings (SSSR count). The number of amides is 2. The standard InChI is InChI=1S/C24H32N4O3Si/c1-26-16-17(15-25)14-22(29)28-23(18-6-10-20(31-2)11-7-18)24(30)27-19-8-12-21(13-9-19)32(3,4)5/h6-13,15-16,23,25-26H,14H2,1-5H3,(H,27,30)(H,28,29)/b17-16-,25-15?. The van der Waals surface area contributed by atoms with E-state index in [1.165, 1.54) is 5.19 Å². The van der Waals surface area contributed by atoms with Crippen molar-refractivity contribution in [2.24, 2.45) is 0 Å². The zero-order valence-electron chi connectivity index (χ0n) is 19.3. The number of rotatable bonds is 10. The van der Waals surface area contributed by atoms with Gasteiger partial charge in [-0.1, -0.05) is 49.1 Å². The number of hydrogen-bond acceptors (Lipinski definition) is 5. The van der Waals surface area contributed by atoms with E-state index in [4.69, 9.17) is 10.1 Å². The van der Waals surface area contributed by atoms with Gasteiger partial charge in [-0.3, -0.25) is 9.59 Å². The van der Waals surface area contributed by atoms with E-state index in [0.717, 1.165) is 6.21 Å². The maximum Gasteiger partial charge on any atom is 0.251 e. The van der Waals surface area contributed by atoms with E-state index in [0.29, 0.717) is 22.6 Å². The van der Waals surface area contributed by atoms with Crippen molar-refractivity contribution in [1.29, 1.82) is 5.41 Å². The van der Waals surface area contributed by atoms with Gasteiger partial charge in [0.2, 0.25) is 5.91 Å². The van der Waals surface area contributed by atoms with Gasteiger partial charge in [0.15, 0.2) is 0 Å². The Kier molecular flexibility index (Phi) is 8.77. The van der Waals surface area contributed by atoms with Gasteiger partial charge in [-0.2, -0.15) is 0 Å². The maximum atomic E-state index is 13.1. The topological polar surface area (TPSA) is 103 Å². The molecule has 0 radical (unpaired) electrons. The molecule has 0 spiro atoms. The zero-order valence-corrected chi connectivity index (χ0v) is 20.3. The van der Waals surface area contributed by atoms with E-state index in [-0.39, 0.29) is 18.2 Å². The van der Waals surface area contributed by atoms with Gasteiger partial charge >= 0.3 is 0 Å². The van der Waals surface area contributed by atoms with Crippen LogP contribution in [0.15, 0.2) is 60.3 Å². The minimum Gasteiger partial charge on any atom is -0.497 e. The van der Waals surface area contributed by atoms with Gasteiger partial charge in [-0.25, -0.2) is 0 Å². The number of nitrogens with one attached hydrogen (secondary N) is 4. The monoisotopic (exact) mass is 452 g/mol. The van der Waals surface area contributed by atoms with Gasteiger partial charge in [-0.05, 0) is 35.4 Å². The summed E-state index contributed by atoms with van der Waals surface area (Å²) in [6, 6.07) is 14.0. The van der Waals surface area contributed by atoms with Gasteiger partial charge < -0.3 is 26.1 Å². The molecule has 2 aromatic rings. The highest BCUT2D eigenvalue weighted by molar-refractivity contribution is 6.88. The van der Waals surface area contributed by atoms with Crippen molar-refractivity contribution >= 4 is 37.0 Å². The molecule has 0 saturated carbocycles. The fourth-order valence-electron chi connectivity index (χ4n) is 3.09. The van der Waals surface area contributed by atoms with E-state index in [9.17, 15) is 9.59 Å². The minimum absolute atomic E-state index is 0.0187. The fourth-order valence-corrected chi connectivity index (χ4v) is 4.26. The summed E-state index contributed by atoms with van der Waals surface area (Å²) < 4.78 is 5.19. The van der Waals surface area contributed by atoms with Crippen LogP contribution >= 0.6 is 0 Å². The smallest absolute Gasteiger partial charge is 0.251 e. The largest absolute Gasteiger partial charge is 0.497 e. The van der Waals surface area contributed by atoms with Crippen LogP contribution in [-0.2, 0) is 9.59 Å². The number of carbonyl (C=O) groups excluding carboxylic acids is 2. The normalized spacial score (nSPS) is 12.5. The van der Waals surface area contributed by atoms with Gasteiger partial charge in [0.05, 0.1) is 21.6 Å². The third-order valence-electron chi connectivity index (χ3n) is 4.91. The van der Waals surface area contributed by atoms with Crippen molar-refractivity contribution in [3.8, 4) is 5.75 Å². The SMILES string of the molecule is CN/C=C(\C=N)CC(=O)NC(C(=O)Nc1ccc([Si](C)(C)C)cc1)c1ccc(OC)cc1. The molecule has 32 heavy (non-hydrogen) atoms. The molecule has 1 unspecified atom stereocenters. The number of methoxy groups -OCH3 is 1. The predicted octanol–water partition coefficient (Wildman–Crippen LogP) is 3.18. The molecule has 7 nitrogen and oxygen atoms in total. The first-order chi connectivity index (χ1) is 15.2. The van der Waals surface area contributed by atoms with Crippen LogP contribution in [-0.4, -0.2) is 40.3 Å². The van der Waals surface area contributed by atoms with Crippen molar-refractivity contribution < 1.29 is 14.3 Å². The van der Waals surface area contributed by atoms with Gasteiger partial charge in [0.25, 0.3) is 5.91 Å². The first-order valence-corrected chi connectivity index (χ1v) is 13.9. The number of carbonyl (C=O) groups is 2. The first kappa shape index (κ1) is 24.9. The highest BCUT2D eigenvalue weighted by atomic mass is 28.3. The Hall–Kier alpha value is -3.39. The number of anilines is 1. The van der Waals surface area contributed by atoms with Crippen LogP contribution in [0.4, 0.5) is 5.69 Å². The summed E-state index contributed by atoms with van der Waals surface area (Å²) in [4.78, 5) is 25.8. The van der Waals surface area contributed by atoms with Crippen molar-refractivity contribution in [2.75, 3.05) is 19.5 Å². The second-order valence-corrected chi connectivity index (χ2v) is 13.5. The summed E-state index contributed by atoms with van der Waals surface area (Å²) in [5.74, 6) is -0.0532. The van der Waals surface area contributed by atoms with Crippen LogP contribution in [0.3, 0.4) is 0 Å². The van der Waals surface area contributed by atoms with Crippen molar-refractivity contribution in [3.63, 3.8) is 0 Å². The lowest BCUT2D eigenvalue weighted by Gasteiger charge is -2.20. The van der Waals surface area contributed by atoms with Crippen LogP contribution in [0.5, 0.6) is 5.75 Å². The molecule has 2 aromatic carbocycles. The lowest BCUT2D eigenvalue weighted by atomic mass is 10.0.